The largest absolute Gasteiger partial charge is 0.467 e. The van der Waals surface area contributed by atoms with Crippen LogP contribution in [-0.4, -0.2) is 43.6 Å². The van der Waals surface area contributed by atoms with Crippen molar-refractivity contribution >= 4 is 25.5 Å². The summed E-state index contributed by atoms with van der Waals surface area (Å²) in [5.74, 6) is -0.473. The number of carbonyl (C=O) groups is 2. The molecule has 0 N–H and O–H groups in total. The molecule has 0 fully saturated rings. The van der Waals surface area contributed by atoms with Crippen LogP contribution >= 0.6 is 0 Å². The Labute approximate surface area is 137 Å². The van der Waals surface area contributed by atoms with Crippen molar-refractivity contribution in [1.82, 2.24) is 5.01 Å². The van der Waals surface area contributed by atoms with Crippen molar-refractivity contribution in [2.75, 3.05) is 7.11 Å². The molecule has 0 bridgehead atoms. The molecule has 6 nitrogen and oxygen atoms in total. The van der Waals surface area contributed by atoms with Crippen molar-refractivity contribution in [2.24, 2.45) is 5.10 Å². The van der Waals surface area contributed by atoms with E-state index in [0.717, 1.165) is 15.9 Å². The van der Waals surface area contributed by atoms with E-state index in [4.69, 9.17) is 9.47 Å². The number of ether oxygens (including phenoxy) is 2. The summed E-state index contributed by atoms with van der Waals surface area (Å²) in [5.41, 5.74) is 0.879. The molecule has 0 aliphatic carbocycles. The number of methoxy groups -OCH3 is 1. The van der Waals surface area contributed by atoms with Gasteiger partial charge in [-0.2, -0.15) is 10.1 Å². The third-order valence-corrected chi connectivity index (χ3v) is 5.68. The maximum Gasteiger partial charge on any atom is 0.431 e. The quantitative estimate of drug-likeness (QED) is 0.627. The minimum absolute atomic E-state index is 0.141. The van der Waals surface area contributed by atoms with Crippen LogP contribution in [0.3, 0.4) is 0 Å². The number of esters is 1. The van der Waals surface area contributed by atoms with E-state index in [1.807, 2.05) is 30.3 Å². The van der Waals surface area contributed by atoms with E-state index in [1.54, 1.807) is 0 Å². The molecule has 0 radical (unpaired) electrons. The fourth-order valence-corrected chi connectivity index (χ4v) is 3.45. The molecule has 23 heavy (non-hydrogen) atoms. The van der Waals surface area contributed by atoms with Gasteiger partial charge in [-0.15, -0.1) is 0 Å². The molecule has 1 atom stereocenters. The summed E-state index contributed by atoms with van der Waals surface area (Å²) >= 11 is 0. The second-order valence-corrected chi connectivity index (χ2v) is 11.5. The number of benzene rings is 1. The molecule has 2 rings (SSSR count). The number of hydrazone groups is 1. The summed E-state index contributed by atoms with van der Waals surface area (Å²) in [6, 6.07) is 8.64. The molecule has 1 amide bonds. The van der Waals surface area contributed by atoms with E-state index < -0.39 is 26.2 Å². The summed E-state index contributed by atoms with van der Waals surface area (Å²) in [5, 5.41) is 6.39. The molecular weight excluding hydrogens is 312 g/mol. The first-order chi connectivity index (χ1) is 10.8. The zero-order chi connectivity index (χ0) is 17.0. The van der Waals surface area contributed by atoms with Gasteiger partial charge in [-0.1, -0.05) is 50.0 Å². The minimum atomic E-state index is -1.71. The Bertz CT molecular complexity index is 610. The first-order valence-corrected chi connectivity index (χ1v) is 11.0. The molecule has 7 heteroatoms. The summed E-state index contributed by atoms with van der Waals surface area (Å²) < 4.78 is 10.1. The smallest absolute Gasteiger partial charge is 0.431 e. The van der Waals surface area contributed by atoms with Gasteiger partial charge in [-0.25, -0.2) is 9.59 Å². The molecule has 0 saturated carbocycles. The highest BCUT2D eigenvalue weighted by atomic mass is 28.3. The van der Waals surface area contributed by atoms with Gasteiger partial charge in [0.15, 0.2) is 6.04 Å². The van der Waals surface area contributed by atoms with Gasteiger partial charge >= 0.3 is 12.1 Å². The molecule has 1 aromatic rings. The minimum Gasteiger partial charge on any atom is -0.467 e. The van der Waals surface area contributed by atoms with Crippen LogP contribution in [0.1, 0.15) is 12.0 Å². The predicted octanol–water partition coefficient (Wildman–Crippen LogP) is 2.80. The van der Waals surface area contributed by atoms with Crippen molar-refractivity contribution in [3.05, 3.63) is 35.9 Å². The second kappa shape index (κ2) is 6.95. The van der Waals surface area contributed by atoms with E-state index in [9.17, 15) is 9.59 Å². The van der Waals surface area contributed by atoms with Crippen LogP contribution in [-0.2, 0) is 20.9 Å². The Morgan fingerprint density at radius 2 is 1.91 bits per heavy atom. The standard InChI is InChI=1S/C16H22N2O4Si/c1-21-15(19)13-10-14(23(2,3)4)17-18(13)16(20)22-11-12-8-6-5-7-9-12/h5-9,13H,10-11H2,1-4H3. The maximum atomic E-state index is 12.3. The van der Waals surface area contributed by atoms with Crippen LogP contribution in [0.2, 0.25) is 19.6 Å². The summed E-state index contributed by atoms with van der Waals surface area (Å²) in [4.78, 5) is 24.3. The first-order valence-electron chi connectivity index (χ1n) is 7.48. The lowest BCUT2D eigenvalue weighted by Gasteiger charge is -2.19. The fourth-order valence-electron chi connectivity index (χ4n) is 2.24. The zero-order valence-electron chi connectivity index (χ0n) is 13.9. The van der Waals surface area contributed by atoms with Gasteiger partial charge in [0.1, 0.15) is 6.61 Å². The summed E-state index contributed by atoms with van der Waals surface area (Å²) in [6.45, 7) is 6.51. The van der Waals surface area contributed by atoms with Gasteiger partial charge in [0.05, 0.1) is 15.2 Å². The lowest BCUT2D eigenvalue weighted by molar-refractivity contribution is -0.145. The maximum absolute atomic E-state index is 12.3. The molecule has 1 aliphatic heterocycles. The van der Waals surface area contributed by atoms with Crippen LogP contribution in [0.15, 0.2) is 35.4 Å². The first kappa shape index (κ1) is 17.2. The van der Waals surface area contributed by atoms with Crippen molar-refractivity contribution < 1.29 is 19.1 Å². The summed E-state index contributed by atoms with van der Waals surface area (Å²) in [6.07, 6.45) is -0.208. The Kier molecular flexibility index (Phi) is 5.20. The van der Waals surface area contributed by atoms with Crippen molar-refractivity contribution in [2.45, 2.75) is 38.7 Å². The molecule has 124 valence electrons. The van der Waals surface area contributed by atoms with Crippen LogP contribution in [0.25, 0.3) is 0 Å². The second-order valence-electron chi connectivity index (χ2n) is 6.42. The highest BCUT2D eigenvalue weighted by molar-refractivity contribution is 7.04. The number of nitrogens with zero attached hydrogens (tertiary/aromatic N) is 2. The van der Waals surface area contributed by atoms with E-state index in [0.29, 0.717) is 6.42 Å². The van der Waals surface area contributed by atoms with Gasteiger partial charge in [-0.3, -0.25) is 0 Å². The monoisotopic (exact) mass is 334 g/mol. The zero-order valence-corrected chi connectivity index (χ0v) is 14.9. The lowest BCUT2D eigenvalue weighted by Crippen LogP contribution is -2.40. The van der Waals surface area contributed by atoms with Gasteiger partial charge < -0.3 is 9.47 Å². The van der Waals surface area contributed by atoms with Crippen LogP contribution < -0.4 is 0 Å². The van der Waals surface area contributed by atoms with Gasteiger partial charge in [0.25, 0.3) is 0 Å². The SMILES string of the molecule is COC(=O)C1CC([Si](C)(C)C)=NN1C(=O)OCc1ccccc1. The molecule has 1 aliphatic rings. The average molecular weight is 334 g/mol. The number of rotatable bonds is 4. The molecule has 0 saturated heterocycles. The van der Waals surface area contributed by atoms with E-state index in [1.165, 1.54) is 7.11 Å². The number of carbonyl (C=O) groups excluding carboxylic acids is 2. The molecular formula is C16H22N2O4Si. The van der Waals surface area contributed by atoms with Crippen molar-refractivity contribution in [1.29, 1.82) is 0 Å². The highest BCUT2D eigenvalue weighted by Gasteiger charge is 2.41. The molecule has 0 aromatic heterocycles. The van der Waals surface area contributed by atoms with Crippen LogP contribution in [0, 0.1) is 0 Å². The Hall–Kier alpha value is -2.15. The Morgan fingerprint density at radius 1 is 1.26 bits per heavy atom. The fraction of sp³-hybridized carbons (Fsp3) is 0.438. The van der Waals surface area contributed by atoms with Crippen molar-refractivity contribution in [3.8, 4) is 0 Å². The lowest BCUT2D eigenvalue weighted by atomic mass is 10.2. The predicted molar refractivity (Wildman–Crippen MR) is 89.7 cm³/mol. The average Bonchev–Trinajstić information content (AvgIpc) is 2.98. The van der Waals surface area contributed by atoms with Gasteiger partial charge in [0.2, 0.25) is 0 Å². The number of amides is 1. The van der Waals surface area contributed by atoms with E-state index in [-0.39, 0.29) is 6.61 Å². The third-order valence-electron chi connectivity index (χ3n) is 3.64. The van der Waals surface area contributed by atoms with E-state index in [2.05, 4.69) is 24.7 Å². The van der Waals surface area contributed by atoms with Crippen molar-refractivity contribution in [3.63, 3.8) is 0 Å². The number of hydrogen-bond acceptors (Lipinski definition) is 5. The molecule has 0 spiro atoms. The van der Waals surface area contributed by atoms with Gasteiger partial charge in [-0.05, 0) is 5.56 Å². The van der Waals surface area contributed by atoms with E-state index >= 15 is 0 Å². The molecule has 1 aromatic carbocycles. The molecule has 1 heterocycles. The third kappa shape index (κ3) is 4.19. The van der Waals surface area contributed by atoms with Gasteiger partial charge in [0, 0.05) is 11.8 Å². The Morgan fingerprint density at radius 3 is 2.48 bits per heavy atom. The Balaban J connectivity index is 2.10. The molecule has 1 unspecified atom stereocenters. The highest BCUT2D eigenvalue weighted by Crippen LogP contribution is 2.23. The topological polar surface area (TPSA) is 68.2 Å². The van der Waals surface area contributed by atoms with Crippen LogP contribution in [0.5, 0.6) is 0 Å². The normalized spacial score (nSPS) is 17.7. The summed E-state index contributed by atoms with van der Waals surface area (Å²) in [7, 11) is -0.398. The number of hydrogen-bond donors (Lipinski definition) is 0. The van der Waals surface area contributed by atoms with Crippen LogP contribution in [0.4, 0.5) is 4.79 Å².